The second kappa shape index (κ2) is 3.36. The fourth-order valence-corrected chi connectivity index (χ4v) is 2.71. The van der Waals surface area contributed by atoms with Crippen LogP contribution in [0.3, 0.4) is 0 Å². The Kier molecular flexibility index (Phi) is 2.14. The average molecular weight is 229 g/mol. The van der Waals surface area contributed by atoms with Crippen molar-refractivity contribution in [3.05, 3.63) is 35.6 Å². The Morgan fingerprint density at radius 2 is 2.12 bits per heavy atom. The molecular weight excluding hydrogens is 210 g/mol. The van der Waals surface area contributed by atoms with E-state index < -0.39 is 0 Å². The molecule has 1 aromatic carbocycles. The van der Waals surface area contributed by atoms with Gasteiger partial charge < -0.3 is 10.2 Å². The summed E-state index contributed by atoms with van der Waals surface area (Å²) in [7, 11) is 0. The Bertz CT molecular complexity index is 567. The van der Waals surface area contributed by atoms with E-state index in [-0.39, 0.29) is 6.04 Å². The SMILES string of the molecule is Cc1cccc2cc(C(N)C3CC3(C)C)oc12. The number of aryl methyl sites for hydroxylation is 1. The predicted molar refractivity (Wildman–Crippen MR) is 69.8 cm³/mol. The van der Waals surface area contributed by atoms with E-state index in [1.807, 2.05) is 0 Å². The van der Waals surface area contributed by atoms with Crippen LogP contribution in [-0.4, -0.2) is 0 Å². The largest absolute Gasteiger partial charge is 0.459 e. The van der Waals surface area contributed by atoms with Crippen LogP contribution in [0.4, 0.5) is 0 Å². The Morgan fingerprint density at radius 1 is 1.41 bits per heavy atom. The van der Waals surface area contributed by atoms with Crippen LogP contribution in [0.2, 0.25) is 0 Å². The first kappa shape index (κ1) is 10.8. The summed E-state index contributed by atoms with van der Waals surface area (Å²) in [5.41, 5.74) is 8.84. The van der Waals surface area contributed by atoms with Crippen molar-refractivity contribution in [2.75, 3.05) is 0 Å². The number of nitrogens with two attached hydrogens (primary N) is 1. The Labute approximate surface area is 102 Å². The number of hydrogen-bond acceptors (Lipinski definition) is 2. The van der Waals surface area contributed by atoms with Crippen LogP contribution in [0.1, 0.15) is 37.6 Å². The topological polar surface area (TPSA) is 39.2 Å². The quantitative estimate of drug-likeness (QED) is 0.851. The number of hydrogen-bond donors (Lipinski definition) is 1. The molecule has 0 radical (unpaired) electrons. The van der Waals surface area contributed by atoms with Gasteiger partial charge in [0, 0.05) is 5.39 Å². The molecule has 0 bridgehead atoms. The summed E-state index contributed by atoms with van der Waals surface area (Å²) >= 11 is 0. The lowest BCUT2D eigenvalue weighted by Gasteiger charge is -2.10. The molecule has 2 unspecified atom stereocenters. The van der Waals surface area contributed by atoms with E-state index in [4.69, 9.17) is 10.2 Å². The molecule has 1 aliphatic rings. The second-order valence-electron chi connectivity index (χ2n) is 5.97. The molecule has 2 atom stereocenters. The highest BCUT2D eigenvalue weighted by Gasteiger charge is 2.50. The maximum atomic E-state index is 6.30. The van der Waals surface area contributed by atoms with Gasteiger partial charge in [-0.2, -0.15) is 0 Å². The fraction of sp³-hybridized carbons (Fsp3) is 0.467. The third kappa shape index (κ3) is 1.67. The highest BCUT2D eigenvalue weighted by molar-refractivity contribution is 5.81. The number of benzene rings is 1. The van der Waals surface area contributed by atoms with Crippen LogP contribution in [0.25, 0.3) is 11.0 Å². The molecule has 1 aliphatic carbocycles. The van der Waals surface area contributed by atoms with E-state index in [9.17, 15) is 0 Å². The van der Waals surface area contributed by atoms with Gasteiger partial charge in [0.25, 0.3) is 0 Å². The van der Waals surface area contributed by atoms with Gasteiger partial charge in [0.05, 0.1) is 6.04 Å². The van der Waals surface area contributed by atoms with Crippen molar-refractivity contribution in [1.82, 2.24) is 0 Å². The van der Waals surface area contributed by atoms with Gasteiger partial charge in [0.1, 0.15) is 11.3 Å². The van der Waals surface area contributed by atoms with Gasteiger partial charge >= 0.3 is 0 Å². The van der Waals surface area contributed by atoms with Gasteiger partial charge in [-0.3, -0.25) is 0 Å². The molecule has 1 saturated carbocycles. The van der Waals surface area contributed by atoms with Gasteiger partial charge in [-0.05, 0) is 36.3 Å². The van der Waals surface area contributed by atoms with Gasteiger partial charge in [-0.15, -0.1) is 0 Å². The smallest absolute Gasteiger partial charge is 0.137 e. The summed E-state index contributed by atoms with van der Waals surface area (Å²) in [4.78, 5) is 0. The molecule has 1 aromatic heterocycles. The van der Waals surface area contributed by atoms with Gasteiger partial charge in [-0.25, -0.2) is 0 Å². The molecular formula is C15H19NO. The zero-order valence-electron chi connectivity index (χ0n) is 10.7. The van der Waals surface area contributed by atoms with Crippen LogP contribution in [-0.2, 0) is 0 Å². The lowest BCUT2D eigenvalue weighted by Crippen LogP contribution is -2.14. The van der Waals surface area contributed by atoms with Crippen molar-refractivity contribution in [1.29, 1.82) is 0 Å². The van der Waals surface area contributed by atoms with E-state index in [2.05, 4.69) is 45.0 Å². The monoisotopic (exact) mass is 229 g/mol. The molecule has 2 aromatic rings. The van der Waals surface area contributed by atoms with Crippen molar-refractivity contribution >= 4 is 11.0 Å². The molecule has 0 spiro atoms. The van der Waals surface area contributed by atoms with Crippen LogP contribution in [0.15, 0.2) is 28.7 Å². The number of para-hydroxylation sites is 1. The van der Waals surface area contributed by atoms with E-state index in [1.165, 1.54) is 12.0 Å². The summed E-state index contributed by atoms with van der Waals surface area (Å²) in [6.45, 7) is 6.61. The molecule has 3 rings (SSSR count). The van der Waals surface area contributed by atoms with Crippen LogP contribution in [0.5, 0.6) is 0 Å². The van der Waals surface area contributed by atoms with Crippen LogP contribution >= 0.6 is 0 Å². The van der Waals surface area contributed by atoms with Gasteiger partial charge in [0.2, 0.25) is 0 Å². The molecule has 2 N–H and O–H groups in total. The van der Waals surface area contributed by atoms with Crippen molar-refractivity contribution in [3.63, 3.8) is 0 Å². The van der Waals surface area contributed by atoms with Crippen molar-refractivity contribution < 1.29 is 4.42 Å². The molecule has 2 heteroatoms. The molecule has 1 fully saturated rings. The minimum absolute atomic E-state index is 0.0387. The third-order valence-corrected chi connectivity index (χ3v) is 4.11. The summed E-state index contributed by atoms with van der Waals surface area (Å²) in [5.74, 6) is 1.49. The van der Waals surface area contributed by atoms with Crippen molar-refractivity contribution in [2.45, 2.75) is 33.2 Å². The van der Waals surface area contributed by atoms with E-state index >= 15 is 0 Å². The summed E-state index contributed by atoms with van der Waals surface area (Å²) in [6, 6.07) is 8.35. The third-order valence-electron chi connectivity index (χ3n) is 4.11. The molecule has 17 heavy (non-hydrogen) atoms. The van der Waals surface area contributed by atoms with Crippen LogP contribution < -0.4 is 5.73 Å². The normalized spacial score (nSPS) is 23.9. The molecule has 0 saturated heterocycles. The zero-order chi connectivity index (χ0) is 12.2. The Morgan fingerprint density at radius 3 is 2.71 bits per heavy atom. The summed E-state index contributed by atoms with van der Waals surface area (Å²) in [6.07, 6.45) is 1.20. The lowest BCUT2D eigenvalue weighted by atomic mass is 10.0. The van der Waals surface area contributed by atoms with E-state index in [0.29, 0.717) is 11.3 Å². The van der Waals surface area contributed by atoms with E-state index in [0.717, 1.165) is 16.7 Å². The number of fused-ring (bicyclic) bond motifs is 1. The molecule has 0 aliphatic heterocycles. The van der Waals surface area contributed by atoms with Gasteiger partial charge in [0.15, 0.2) is 0 Å². The number of rotatable bonds is 2. The maximum absolute atomic E-state index is 6.30. The first-order valence-corrected chi connectivity index (χ1v) is 6.24. The first-order chi connectivity index (χ1) is 7.99. The zero-order valence-corrected chi connectivity index (χ0v) is 10.7. The highest BCUT2D eigenvalue weighted by atomic mass is 16.3. The minimum atomic E-state index is 0.0387. The maximum Gasteiger partial charge on any atom is 0.137 e. The second-order valence-corrected chi connectivity index (χ2v) is 5.97. The lowest BCUT2D eigenvalue weighted by molar-refractivity contribution is 0.419. The predicted octanol–water partition coefficient (Wildman–Crippen LogP) is 3.79. The van der Waals surface area contributed by atoms with Crippen LogP contribution in [0, 0.1) is 18.3 Å². The molecule has 1 heterocycles. The standard InChI is InChI=1S/C15H19NO/c1-9-5-4-6-10-7-12(17-14(9)10)13(16)11-8-15(11,2)3/h4-7,11,13H,8,16H2,1-3H3. The molecule has 90 valence electrons. The average Bonchev–Trinajstić information content (AvgIpc) is 2.75. The van der Waals surface area contributed by atoms with Crippen molar-refractivity contribution in [2.24, 2.45) is 17.1 Å². The fourth-order valence-electron chi connectivity index (χ4n) is 2.71. The minimum Gasteiger partial charge on any atom is -0.459 e. The highest BCUT2D eigenvalue weighted by Crippen LogP contribution is 2.57. The summed E-state index contributed by atoms with van der Waals surface area (Å²) < 4.78 is 5.93. The summed E-state index contributed by atoms with van der Waals surface area (Å²) in [5, 5.41) is 1.16. The van der Waals surface area contributed by atoms with E-state index in [1.54, 1.807) is 0 Å². The van der Waals surface area contributed by atoms with Gasteiger partial charge in [-0.1, -0.05) is 32.0 Å². The first-order valence-electron chi connectivity index (χ1n) is 6.24. The molecule has 0 amide bonds. The number of furan rings is 1. The Hall–Kier alpha value is -1.28. The van der Waals surface area contributed by atoms with Crippen molar-refractivity contribution in [3.8, 4) is 0 Å². The Balaban J connectivity index is 1.99. The molecule has 2 nitrogen and oxygen atoms in total.